The zero-order chi connectivity index (χ0) is 16.2. The van der Waals surface area contributed by atoms with Crippen molar-refractivity contribution >= 4 is 40.4 Å². The van der Waals surface area contributed by atoms with E-state index in [2.05, 4.69) is 15.3 Å². The number of benzene rings is 2. The van der Waals surface area contributed by atoms with Gasteiger partial charge in [-0.15, -0.1) is 0 Å². The van der Waals surface area contributed by atoms with Crippen LogP contribution < -0.4 is 15.8 Å². The van der Waals surface area contributed by atoms with Crippen LogP contribution in [0.2, 0.25) is 10.0 Å². The Balaban J connectivity index is 1.87. The summed E-state index contributed by atoms with van der Waals surface area (Å²) in [5.41, 5.74) is 6.99. The van der Waals surface area contributed by atoms with Crippen molar-refractivity contribution in [1.29, 1.82) is 0 Å². The first-order valence-electron chi connectivity index (χ1n) is 6.69. The molecule has 0 aliphatic rings. The van der Waals surface area contributed by atoms with Crippen LogP contribution in [0.4, 0.5) is 17.2 Å². The van der Waals surface area contributed by atoms with Gasteiger partial charge in [0.25, 0.3) is 0 Å². The van der Waals surface area contributed by atoms with Crippen LogP contribution in [0.1, 0.15) is 0 Å². The summed E-state index contributed by atoms with van der Waals surface area (Å²) in [4.78, 5) is 8.18. The maximum absolute atomic E-state index is 6.14. The molecule has 3 rings (SSSR count). The Morgan fingerprint density at radius 2 is 1.78 bits per heavy atom. The number of hydrogen-bond donors (Lipinski definition) is 2. The molecule has 0 radical (unpaired) electrons. The molecule has 0 amide bonds. The average molecular weight is 347 g/mol. The standard InChI is InChI=1S/C16H12Cl2N4O/c17-10-6-7-13(12(18)8-10)22-15-14(19)16(21-9-20-15)23-11-4-2-1-3-5-11/h1-9H,19H2,(H,20,21,22). The molecule has 0 saturated heterocycles. The number of nitrogen functional groups attached to an aromatic ring is 1. The summed E-state index contributed by atoms with van der Waals surface area (Å²) in [5, 5.41) is 4.05. The minimum absolute atomic E-state index is 0.263. The Hall–Kier alpha value is -2.50. The molecule has 3 N–H and O–H groups in total. The molecule has 23 heavy (non-hydrogen) atoms. The molecule has 0 aliphatic heterocycles. The minimum atomic E-state index is 0.263. The second kappa shape index (κ2) is 6.73. The van der Waals surface area contributed by atoms with Gasteiger partial charge in [-0.3, -0.25) is 0 Å². The van der Waals surface area contributed by atoms with E-state index in [9.17, 15) is 0 Å². The number of aromatic nitrogens is 2. The van der Waals surface area contributed by atoms with E-state index in [1.807, 2.05) is 30.3 Å². The summed E-state index contributed by atoms with van der Waals surface area (Å²) in [6.07, 6.45) is 1.36. The van der Waals surface area contributed by atoms with E-state index in [1.54, 1.807) is 18.2 Å². The van der Waals surface area contributed by atoms with Crippen LogP contribution in [-0.4, -0.2) is 9.97 Å². The Kier molecular flexibility index (Phi) is 4.50. The molecule has 0 saturated carbocycles. The lowest BCUT2D eigenvalue weighted by molar-refractivity contribution is 0.464. The van der Waals surface area contributed by atoms with Crippen LogP contribution in [0, 0.1) is 0 Å². The third-order valence-corrected chi connectivity index (χ3v) is 3.54. The highest BCUT2D eigenvalue weighted by Crippen LogP contribution is 2.33. The number of nitrogens with zero attached hydrogens (tertiary/aromatic N) is 2. The molecular weight excluding hydrogens is 335 g/mol. The van der Waals surface area contributed by atoms with Crippen LogP contribution in [0.5, 0.6) is 11.6 Å². The third-order valence-electron chi connectivity index (χ3n) is 2.99. The molecule has 3 aromatic rings. The molecular formula is C16H12Cl2N4O. The largest absolute Gasteiger partial charge is 0.437 e. The Morgan fingerprint density at radius 1 is 1.00 bits per heavy atom. The Morgan fingerprint density at radius 3 is 2.52 bits per heavy atom. The number of nitrogens with one attached hydrogen (secondary N) is 1. The SMILES string of the molecule is Nc1c(Nc2ccc(Cl)cc2Cl)ncnc1Oc1ccccc1. The second-order valence-corrected chi connectivity index (χ2v) is 5.45. The molecule has 1 aromatic heterocycles. The monoisotopic (exact) mass is 346 g/mol. The van der Waals surface area contributed by atoms with Crippen molar-refractivity contribution in [3.05, 3.63) is 64.9 Å². The van der Waals surface area contributed by atoms with Gasteiger partial charge < -0.3 is 15.8 Å². The summed E-state index contributed by atoms with van der Waals surface area (Å²) < 4.78 is 5.67. The van der Waals surface area contributed by atoms with Crippen LogP contribution in [0.15, 0.2) is 54.9 Å². The van der Waals surface area contributed by atoms with Crippen molar-refractivity contribution < 1.29 is 4.74 Å². The second-order valence-electron chi connectivity index (χ2n) is 4.61. The number of hydrogen-bond acceptors (Lipinski definition) is 5. The normalized spacial score (nSPS) is 10.3. The number of anilines is 3. The fraction of sp³-hybridized carbons (Fsp3) is 0. The van der Waals surface area contributed by atoms with Crippen LogP contribution in [0.3, 0.4) is 0 Å². The minimum Gasteiger partial charge on any atom is -0.437 e. The summed E-state index contributed by atoms with van der Waals surface area (Å²) >= 11 is 12.0. The molecule has 7 heteroatoms. The highest BCUT2D eigenvalue weighted by molar-refractivity contribution is 6.36. The molecule has 0 unspecified atom stereocenters. The van der Waals surface area contributed by atoms with Crippen LogP contribution in [-0.2, 0) is 0 Å². The summed E-state index contributed by atoms with van der Waals surface area (Å²) in [5.74, 6) is 1.29. The third kappa shape index (κ3) is 3.64. The quantitative estimate of drug-likeness (QED) is 0.702. The number of rotatable bonds is 4. The first-order chi connectivity index (χ1) is 11.1. The van der Waals surface area contributed by atoms with Gasteiger partial charge in [-0.1, -0.05) is 41.4 Å². The first-order valence-corrected chi connectivity index (χ1v) is 7.44. The molecule has 0 aliphatic carbocycles. The molecule has 116 valence electrons. The lowest BCUT2D eigenvalue weighted by Crippen LogP contribution is -2.03. The fourth-order valence-electron chi connectivity index (χ4n) is 1.88. The maximum Gasteiger partial charge on any atom is 0.248 e. The van der Waals surface area contributed by atoms with Crippen molar-refractivity contribution in [2.24, 2.45) is 0 Å². The predicted molar refractivity (Wildman–Crippen MR) is 92.7 cm³/mol. The molecule has 0 fully saturated rings. The zero-order valence-corrected chi connectivity index (χ0v) is 13.3. The summed E-state index contributed by atoms with van der Waals surface area (Å²) in [6, 6.07) is 14.3. The highest BCUT2D eigenvalue weighted by atomic mass is 35.5. The van der Waals surface area contributed by atoms with E-state index in [0.29, 0.717) is 27.3 Å². The molecule has 0 spiro atoms. The number of nitrogens with two attached hydrogens (primary N) is 1. The van der Waals surface area contributed by atoms with E-state index in [1.165, 1.54) is 6.33 Å². The average Bonchev–Trinajstić information content (AvgIpc) is 2.54. The van der Waals surface area contributed by atoms with Gasteiger partial charge >= 0.3 is 0 Å². The van der Waals surface area contributed by atoms with Gasteiger partial charge in [0.05, 0.1) is 10.7 Å². The lowest BCUT2D eigenvalue weighted by atomic mass is 10.3. The fourth-order valence-corrected chi connectivity index (χ4v) is 2.33. The topological polar surface area (TPSA) is 73.1 Å². The molecule has 5 nitrogen and oxygen atoms in total. The van der Waals surface area contributed by atoms with Gasteiger partial charge in [0.2, 0.25) is 5.88 Å². The lowest BCUT2D eigenvalue weighted by Gasteiger charge is -2.12. The van der Waals surface area contributed by atoms with Gasteiger partial charge in [-0.25, -0.2) is 4.98 Å². The Labute approximate surface area is 143 Å². The van der Waals surface area contributed by atoms with Crippen molar-refractivity contribution in [2.45, 2.75) is 0 Å². The van der Waals surface area contributed by atoms with E-state index in [-0.39, 0.29) is 11.6 Å². The smallest absolute Gasteiger partial charge is 0.248 e. The van der Waals surface area contributed by atoms with Crippen molar-refractivity contribution in [2.75, 3.05) is 11.1 Å². The molecule has 2 aromatic carbocycles. The predicted octanol–water partition coefficient (Wildman–Crippen LogP) is 4.90. The summed E-state index contributed by atoms with van der Waals surface area (Å²) in [7, 11) is 0. The number of para-hydroxylation sites is 1. The molecule has 0 bridgehead atoms. The van der Waals surface area contributed by atoms with E-state index >= 15 is 0 Å². The van der Waals surface area contributed by atoms with Gasteiger partial charge in [0.1, 0.15) is 17.8 Å². The summed E-state index contributed by atoms with van der Waals surface area (Å²) in [6.45, 7) is 0. The van der Waals surface area contributed by atoms with E-state index in [0.717, 1.165) is 0 Å². The van der Waals surface area contributed by atoms with Crippen LogP contribution in [0.25, 0.3) is 0 Å². The van der Waals surface area contributed by atoms with Crippen molar-refractivity contribution in [3.63, 3.8) is 0 Å². The van der Waals surface area contributed by atoms with E-state index < -0.39 is 0 Å². The zero-order valence-electron chi connectivity index (χ0n) is 11.8. The van der Waals surface area contributed by atoms with Gasteiger partial charge in [0.15, 0.2) is 5.82 Å². The number of ether oxygens (including phenoxy) is 1. The van der Waals surface area contributed by atoms with Crippen molar-refractivity contribution in [3.8, 4) is 11.6 Å². The van der Waals surface area contributed by atoms with Gasteiger partial charge in [0, 0.05) is 5.02 Å². The Bertz CT molecular complexity index is 828. The highest BCUT2D eigenvalue weighted by Gasteiger charge is 2.12. The molecule has 0 atom stereocenters. The van der Waals surface area contributed by atoms with Gasteiger partial charge in [-0.2, -0.15) is 4.98 Å². The maximum atomic E-state index is 6.14. The van der Waals surface area contributed by atoms with Crippen molar-refractivity contribution in [1.82, 2.24) is 9.97 Å². The molecule has 1 heterocycles. The van der Waals surface area contributed by atoms with Crippen LogP contribution >= 0.6 is 23.2 Å². The van der Waals surface area contributed by atoms with E-state index in [4.69, 9.17) is 33.7 Å². The first kappa shape index (κ1) is 15.4. The van der Waals surface area contributed by atoms with Gasteiger partial charge in [-0.05, 0) is 30.3 Å². The number of halogens is 2.